The van der Waals surface area contributed by atoms with Crippen LogP contribution in [-0.2, 0) is 6.42 Å². The summed E-state index contributed by atoms with van der Waals surface area (Å²) in [5.41, 5.74) is 10.2. The molecule has 1 aromatic heterocycles. The number of unbranched alkanes of at least 4 members (excludes halogenated alkanes) is 1. The Hall–Kier alpha value is -3.21. The van der Waals surface area contributed by atoms with E-state index in [4.69, 9.17) is 5.73 Å². The molecule has 0 saturated carbocycles. The molecule has 5 heteroatoms. The summed E-state index contributed by atoms with van der Waals surface area (Å²) in [5.74, 6) is -0.789. The van der Waals surface area contributed by atoms with Crippen LogP contribution in [0.4, 0.5) is 8.78 Å². The molecule has 1 heterocycles. The number of hydrogen-bond donors (Lipinski definition) is 2. The number of H-pyrrole nitrogens is 1. The molecule has 0 aliphatic carbocycles. The van der Waals surface area contributed by atoms with Gasteiger partial charge in [-0.2, -0.15) is 5.10 Å². The third kappa shape index (κ3) is 5.03. The fourth-order valence-corrected chi connectivity index (χ4v) is 3.53. The van der Waals surface area contributed by atoms with Gasteiger partial charge in [0, 0.05) is 5.39 Å². The molecule has 30 heavy (non-hydrogen) atoms. The van der Waals surface area contributed by atoms with Gasteiger partial charge in [0.05, 0.1) is 16.9 Å². The number of aromatic nitrogens is 2. The summed E-state index contributed by atoms with van der Waals surface area (Å²) >= 11 is 0. The molecule has 0 fully saturated rings. The molecule has 3 nitrogen and oxygen atoms in total. The number of benzene rings is 2. The monoisotopic (exact) mass is 407 g/mol. The molecule has 0 radical (unpaired) electrons. The molecule has 3 rings (SSSR count). The van der Waals surface area contributed by atoms with Gasteiger partial charge in [0.25, 0.3) is 0 Å². The van der Waals surface area contributed by atoms with Crippen LogP contribution in [0.15, 0.2) is 72.2 Å². The number of aromatic amines is 1. The van der Waals surface area contributed by atoms with E-state index in [1.807, 2.05) is 18.2 Å². The van der Waals surface area contributed by atoms with Crippen molar-refractivity contribution in [1.29, 1.82) is 0 Å². The molecule has 3 aromatic rings. The van der Waals surface area contributed by atoms with Gasteiger partial charge in [-0.25, -0.2) is 8.78 Å². The summed E-state index contributed by atoms with van der Waals surface area (Å²) in [7, 11) is 0. The van der Waals surface area contributed by atoms with Crippen LogP contribution in [0.5, 0.6) is 0 Å². The van der Waals surface area contributed by atoms with Gasteiger partial charge in [-0.15, -0.1) is 0 Å². The molecule has 0 spiro atoms. The van der Waals surface area contributed by atoms with E-state index in [2.05, 4.69) is 28.9 Å². The molecule has 3 N–H and O–H groups in total. The lowest BCUT2D eigenvalue weighted by Crippen LogP contribution is -2.01. The minimum atomic E-state index is -0.432. The summed E-state index contributed by atoms with van der Waals surface area (Å²) in [6.45, 7) is 7.50. The predicted octanol–water partition coefficient (Wildman–Crippen LogP) is 6.52. The van der Waals surface area contributed by atoms with E-state index in [1.165, 1.54) is 23.8 Å². The standard InChI is InChI=1S/C25H27F2N3/c1-16(9-7-8-12-19-10-5-4-6-11-19)23(27)22(28)14-18(3)25-21-15-20(26)13-17(2)24(21)29-30-25/h4-6,10-11,13-15H,3,7-9,12,28H2,1-2H3,(H,29,30)/b22-14+,23-16-. The summed E-state index contributed by atoms with van der Waals surface area (Å²) in [6.07, 6.45) is 4.92. The van der Waals surface area contributed by atoms with Crippen LogP contribution in [0.3, 0.4) is 0 Å². The molecule has 0 unspecified atom stereocenters. The normalized spacial score (nSPS) is 12.9. The van der Waals surface area contributed by atoms with Crippen LogP contribution in [-0.4, -0.2) is 10.2 Å². The Morgan fingerprint density at radius 3 is 2.67 bits per heavy atom. The molecule has 156 valence electrons. The first kappa shape index (κ1) is 21.5. The Morgan fingerprint density at radius 1 is 1.20 bits per heavy atom. The van der Waals surface area contributed by atoms with Gasteiger partial charge < -0.3 is 5.73 Å². The van der Waals surface area contributed by atoms with Crippen LogP contribution in [0, 0.1) is 12.7 Å². The lowest BCUT2D eigenvalue weighted by Gasteiger charge is -2.07. The Balaban J connectivity index is 1.66. The van der Waals surface area contributed by atoms with Crippen molar-refractivity contribution in [3.8, 4) is 0 Å². The average molecular weight is 408 g/mol. The van der Waals surface area contributed by atoms with E-state index in [0.717, 1.165) is 30.3 Å². The highest BCUT2D eigenvalue weighted by Crippen LogP contribution is 2.27. The number of halogens is 2. The highest BCUT2D eigenvalue weighted by atomic mass is 19.1. The number of nitrogens with zero attached hydrogens (tertiary/aromatic N) is 1. The van der Waals surface area contributed by atoms with Crippen molar-refractivity contribution in [3.05, 3.63) is 94.9 Å². The zero-order valence-electron chi connectivity index (χ0n) is 17.4. The third-order valence-electron chi connectivity index (χ3n) is 5.21. The largest absolute Gasteiger partial charge is 0.396 e. The van der Waals surface area contributed by atoms with Gasteiger partial charge in [0.2, 0.25) is 0 Å². The molecule has 0 amide bonds. The molecule has 0 saturated heterocycles. The Labute approximate surface area is 176 Å². The second kappa shape index (κ2) is 9.53. The summed E-state index contributed by atoms with van der Waals surface area (Å²) < 4.78 is 28.5. The Morgan fingerprint density at radius 2 is 1.93 bits per heavy atom. The zero-order chi connectivity index (χ0) is 21.7. The zero-order valence-corrected chi connectivity index (χ0v) is 17.4. The van der Waals surface area contributed by atoms with E-state index < -0.39 is 5.83 Å². The van der Waals surface area contributed by atoms with Crippen LogP contribution >= 0.6 is 0 Å². The van der Waals surface area contributed by atoms with Gasteiger partial charge in [-0.1, -0.05) is 36.9 Å². The van der Waals surface area contributed by atoms with Gasteiger partial charge in [-0.05, 0) is 80.0 Å². The molecule has 2 aromatic carbocycles. The minimum Gasteiger partial charge on any atom is -0.396 e. The van der Waals surface area contributed by atoms with E-state index in [9.17, 15) is 8.78 Å². The van der Waals surface area contributed by atoms with Crippen molar-refractivity contribution >= 4 is 16.5 Å². The number of aryl methyl sites for hydroxylation is 2. The third-order valence-corrected chi connectivity index (χ3v) is 5.21. The number of nitrogens with one attached hydrogen (secondary N) is 1. The van der Waals surface area contributed by atoms with Crippen molar-refractivity contribution in [2.75, 3.05) is 0 Å². The molecule has 0 aliphatic heterocycles. The summed E-state index contributed by atoms with van der Waals surface area (Å²) in [4.78, 5) is 0. The number of fused-ring (bicyclic) bond motifs is 1. The molecule has 0 atom stereocenters. The predicted molar refractivity (Wildman–Crippen MR) is 120 cm³/mol. The SMILES string of the molecule is C=C(/C=C(N)\C(F)=C(/C)CCCCc1ccccc1)c1n[nH]c2c(C)cc(F)cc12. The highest BCUT2D eigenvalue weighted by molar-refractivity contribution is 5.94. The first-order chi connectivity index (χ1) is 14.4. The van der Waals surface area contributed by atoms with Gasteiger partial charge in [0.1, 0.15) is 11.6 Å². The minimum absolute atomic E-state index is 0.00448. The summed E-state index contributed by atoms with van der Waals surface area (Å²) in [5, 5.41) is 7.70. The van der Waals surface area contributed by atoms with Gasteiger partial charge in [-0.3, -0.25) is 5.10 Å². The fourth-order valence-electron chi connectivity index (χ4n) is 3.53. The van der Waals surface area contributed by atoms with Crippen molar-refractivity contribution in [2.45, 2.75) is 39.5 Å². The maximum Gasteiger partial charge on any atom is 0.145 e. The maximum atomic E-state index is 14.7. The topological polar surface area (TPSA) is 54.7 Å². The van der Waals surface area contributed by atoms with Gasteiger partial charge >= 0.3 is 0 Å². The molecule has 0 aliphatic rings. The highest BCUT2D eigenvalue weighted by Gasteiger charge is 2.13. The number of rotatable bonds is 8. The smallest absolute Gasteiger partial charge is 0.145 e. The van der Waals surface area contributed by atoms with E-state index in [-0.39, 0.29) is 11.5 Å². The quantitative estimate of drug-likeness (QED) is 0.330. The first-order valence-electron chi connectivity index (χ1n) is 10.1. The van der Waals surface area contributed by atoms with Crippen molar-refractivity contribution in [3.63, 3.8) is 0 Å². The van der Waals surface area contributed by atoms with Crippen LogP contribution in [0.25, 0.3) is 16.5 Å². The van der Waals surface area contributed by atoms with Crippen molar-refractivity contribution in [2.24, 2.45) is 5.73 Å². The lowest BCUT2D eigenvalue weighted by atomic mass is 10.0. The van der Waals surface area contributed by atoms with E-state index in [0.29, 0.717) is 28.6 Å². The summed E-state index contributed by atoms with van der Waals surface area (Å²) in [6, 6.07) is 13.1. The number of nitrogens with two attached hydrogens (primary N) is 1. The van der Waals surface area contributed by atoms with Crippen LogP contribution < -0.4 is 5.73 Å². The van der Waals surface area contributed by atoms with Crippen LogP contribution in [0.2, 0.25) is 0 Å². The average Bonchev–Trinajstić information content (AvgIpc) is 3.15. The van der Waals surface area contributed by atoms with Crippen molar-refractivity contribution in [1.82, 2.24) is 10.2 Å². The number of hydrogen-bond acceptors (Lipinski definition) is 2. The Bertz CT molecular complexity index is 1110. The fraction of sp³-hybridized carbons (Fsp3) is 0.240. The second-order valence-corrected chi connectivity index (χ2v) is 7.63. The lowest BCUT2D eigenvalue weighted by molar-refractivity contribution is 0.617. The first-order valence-corrected chi connectivity index (χ1v) is 10.1. The van der Waals surface area contributed by atoms with E-state index in [1.54, 1.807) is 13.8 Å². The van der Waals surface area contributed by atoms with Crippen molar-refractivity contribution < 1.29 is 8.78 Å². The van der Waals surface area contributed by atoms with Gasteiger partial charge in [0.15, 0.2) is 0 Å². The maximum absolute atomic E-state index is 14.7. The van der Waals surface area contributed by atoms with E-state index >= 15 is 0 Å². The second-order valence-electron chi connectivity index (χ2n) is 7.63. The number of allylic oxidation sites excluding steroid dienone is 4. The van der Waals surface area contributed by atoms with Crippen LogP contribution in [0.1, 0.15) is 43.0 Å². The Kier molecular flexibility index (Phi) is 6.83. The molecule has 0 bridgehead atoms. The molecular weight excluding hydrogens is 380 g/mol. The molecular formula is C25H27F2N3.